The Bertz CT molecular complexity index is 738. The first-order valence-corrected chi connectivity index (χ1v) is 11.8. The van der Waals surface area contributed by atoms with E-state index in [-0.39, 0.29) is 36.4 Å². The van der Waals surface area contributed by atoms with Crippen LogP contribution in [0.15, 0.2) is 0 Å². The molecule has 7 nitrogen and oxygen atoms in total. The number of hydrogen-bond acceptors (Lipinski definition) is 6. The van der Waals surface area contributed by atoms with Gasteiger partial charge in [-0.05, 0) is 45.1 Å². The average molecular weight is 478 g/mol. The average Bonchev–Trinajstić information content (AvgIpc) is 3.52. The number of ether oxygens (including phenoxy) is 1. The van der Waals surface area contributed by atoms with Gasteiger partial charge in [-0.15, -0.1) is 11.6 Å². The Morgan fingerprint density at radius 2 is 2.06 bits per heavy atom. The third-order valence-corrected chi connectivity index (χ3v) is 7.89. The van der Waals surface area contributed by atoms with E-state index in [0.29, 0.717) is 38.8 Å². The van der Waals surface area contributed by atoms with Gasteiger partial charge in [0, 0.05) is 37.5 Å². The summed E-state index contributed by atoms with van der Waals surface area (Å²) < 4.78 is 46.5. The van der Waals surface area contributed by atoms with Gasteiger partial charge >= 0.3 is 6.18 Å². The molecule has 32 heavy (non-hydrogen) atoms. The summed E-state index contributed by atoms with van der Waals surface area (Å²) in [6, 6.07) is 2.09. The summed E-state index contributed by atoms with van der Waals surface area (Å²) in [5, 5.41) is 17.9. The van der Waals surface area contributed by atoms with Gasteiger partial charge in [-0.25, -0.2) is 0 Å². The highest BCUT2D eigenvalue weighted by Crippen LogP contribution is 2.45. The van der Waals surface area contributed by atoms with Crippen molar-refractivity contribution in [3.05, 3.63) is 0 Å². The highest BCUT2D eigenvalue weighted by atomic mass is 35.5. The number of nitrogens with zero attached hydrogens (tertiary/aromatic N) is 2. The van der Waals surface area contributed by atoms with Crippen molar-refractivity contribution < 1.29 is 22.7 Å². The highest BCUT2D eigenvalue weighted by molar-refractivity contribution is 6.20. The zero-order valence-corrected chi connectivity index (χ0v) is 18.9. The number of halogens is 4. The van der Waals surface area contributed by atoms with Gasteiger partial charge in [0.15, 0.2) is 0 Å². The molecule has 0 radical (unpaired) electrons. The summed E-state index contributed by atoms with van der Waals surface area (Å²) in [5.74, 6) is -2.07. The van der Waals surface area contributed by atoms with E-state index >= 15 is 0 Å². The van der Waals surface area contributed by atoms with Crippen molar-refractivity contribution in [2.45, 2.75) is 62.2 Å². The van der Waals surface area contributed by atoms with Crippen LogP contribution in [0, 0.1) is 34.5 Å². The van der Waals surface area contributed by atoms with Crippen molar-refractivity contribution >= 4 is 17.5 Å². The van der Waals surface area contributed by atoms with Crippen LogP contribution in [0.3, 0.4) is 0 Å². The minimum Gasteiger partial charge on any atom is -0.357 e. The van der Waals surface area contributed by atoms with Crippen LogP contribution in [-0.2, 0) is 9.53 Å². The minimum atomic E-state index is -4.31. The fourth-order valence-corrected chi connectivity index (χ4v) is 5.41. The number of carbonyl (C=O) groups is 1. The van der Waals surface area contributed by atoms with Gasteiger partial charge < -0.3 is 20.3 Å². The normalized spacial score (nSPS) is 37.9. The molecule has 2 saturated heterocycles. The van der Waals surface area contributed by atoms with E-state index in [1.807, 2.05) is 7.05 Å². The first-order chi connectivity index (χ1) is 15.1. The van der Waals surface area contributed by atoms with Crippen molar-refractivity contribution in [2.24, 2.45) is 23.2 Å². The zero-order chi connectivity index (χ0) is 23.1. The molecule has 2 aliphatic heterocycles. The molecule has 4 rings (SSSR count). The number of likely N-dealkylation sites (N-methyl/N-ethyl adjacent to an activating group) is 1. The van der Waals surface area contributed by atoms with Gasteiger partial charge in [-0.1, -0.05) is 0 Å². The summed E-state index contributed by atoms with van der Waals surface area (Å²) in [6.07, 6.45) is -2.90. The van der Waals surface area contributed by atoms with Crippen molar-refractivity contribution in [1.29, 1.82) is 5.26 Å². The molecule has 2 aliphatic carbocycles. The van der Waals surface area contributed by atoms with Gasteiger partial charge in [0.25, 0.3) is 0 Å². The van der Waals surface area contributed by atoms with Crippen LogP contribution in [0.2, 0.25) is 0 Å². The Balaban J connectivity index is 1.37. The number of alkyl halides is 4. The lowest BCUT2D eigenvalue weighted by Gasteiger charge is -2.47. The molecule has 0 bridgehead atoms. The van der Waals surface area contributed by atoms with E-state index in [1.54, 1.807) is 0 Å². The lowest BCUT2D eigenvalue weighted by Crippen LogP contribution is -2.66. The molecule has 6 unspecified atom stereocenters. The molecule has 1 amide bonds. The molecule has 0 spiro atoms. The first-order valence-electron chi connectivity index (χ1n) is 11.3. The standard InChI is InChI=1S/C21H31ClF3N5O2/c1-30-9-14(10-30)32-18-13(8-28-19(31)20(11-26)4-5-20)7-27-17(29-18)12-2-3-16(22)15(6-12)21(23,24)25/h12-18,27,29H,2-10H2,1H3,(H,28,31). The molecule has 180 valence electrons. The number of likely N-dealkylation sites (tertiary alicyclic amines) is 1. The second kappa shape index (κ2) is 9.26. The quantitative estimate of drug-likeness (QED) is 0.505. The number of hydrogen-bond donors (Lipinski definition) is 3. The molecule has 2 heterocycles. The van der Waals surface area contributed by atoms with E-state index in [2.05, 4.69) is 26.9 Å². The maximum atomic E-state index is 13.4. The molecule has 11 heteroatoms. The van der Waals surface area contributed by atoms with Crippen molar-refractivity contribution in [2.75, 3.05) is 33.2 Å². The van der Waals surface area contributed by atoms with Crippen LogP contribution in [0.4, 0.5) is 13.2 Å². The molecule has 2 saturated carbocycles. The van der Waals surface area contributed by atoms with Crippen LogP contribution in [0.1, 0.15) is 32.1 Å². The second-order valence-corrected chi connectivity index (χ2v) is 10.4. The molecule has 3 N–H and O–H groups in total. The van der Waals surface area contributed by atoms with Crippen LogP contribution in [0.25, 0.3) is 0 Å². The molecule has 0 aromatic heterocycles. The van der Waals surface area contributed by atoms with Crippen LogP contribution < -0.4 is 16.0 Å². The molecule has 4 aliphatic rings. The summed E-state index contributed by atoms with van der Waals surface area (Å²) in [6.45, 7) is 2.42. The van der Waals surface area contributed by atoms with Crippen LogP contribution >= 0.6 is 11.6 Å². The lowest BCUT2D eigenvalue weighted by molar-refractivity contribution is -0.187. The number of nitriles is 1. The van der Waals surface area contributed by atoms with Crippen LogP contribution in [-0.4, -0.2) is 74.1 Å². The Morgan fingerprint density at radius 3 is 2.66 bits per heavy atom. The van der Waals surface area contributed by atoms with E-state index < -0.39 is 29.1 Å². The number of nitrogens with one attached hydrogen (secondary N) is 3. The fourth-order valence-electron chi connectivity index (χ4n) is 5.04. The molecular formula is C21H31ClF3N5O2. The topological polar surface area (TPSA) is 89.4 Å². The predicted octanol–water partition coefficient (Wildman–Crippen LogP) is 1.78. The maximum absolute atomic E-state index is 13.4. The van der Waals surface area contributed by atoms with Gasteiger partial charge in [0.05, 0.1) is 24.3 Å². The molecule has 0 aromatic carbocycles. The van der Waals surface area contributed by atoms with E-state index in [0.717, 1.165) is 13.1 Å². The Kier molecular flexibility index (Phi) is 6.95. The van der Waals surface area contributed by atoms with Crippen molar-refractivity contribution in [1.82, 2.24) is 20.9 Å². The third-order valence-electron chi connectivity index (χ3n) is 7.36. The van der Waals surface area contributed by atoms with Crippen LogP contribution in [0.5, 0.6) is 0 Å². The molecule has 6 atom stereocenters. The molecular weight excluding hydrogens is 447 g/mol. The third kappa shape index (κ3) is 5.17. The monoisotopic (exact) mass is 477 g/mol. The SMILES string of the molecule is CN1CC(OC2NC(C3CCC(Cl)C(C(F)(F)F)C3)NCC2CNC(=O)C2(C#N)CC2)C1. The second-order valence-electron chi connectivity index (χ2n) is 9.85. The maximum Gasteiger partial charge on any atom is 0.393 e. The fraction of sp³-hybridized carbons (Fsp3) is 0.905. The Hall–Kier alpha value is -1.12. The largest absolute Gasteiger partial charge is 0.393 e. The Morgan fingerprint density at radius 1 is 1.34 bits per heavy atom. The zero-order valence-electron chi connectivity index (χ0n) is 18.1. The molecule has 4 fully saturated rings. The minimum absolute atomic E-state index is 0.0205. The highest BCUT2D eigenvalue weighted by Gasteiger charge is 2.51. The van der Waals surface area contributed by atoms with Gasteiger partial charge in [0.2, 0.25) is 5.91 Å². The number of amides is 1. The van der Waals surface area contributed by atoms with Gasteiger partial charge in [0.1, 0.15) is 11.6 Å². The smallest absolute Gasteiger partial charge is 0.357 e. The lowest BCUT2D eigenvalue weighted by atomic mass is 9.78. The first kappa shape index (κ1) is 24.0. The number of carbonyl (C=O) groups excluding carboxylic acids is 1. The summed E-state index contributed by atoms with van der Waals surface area (Å²) in [7, 11) is 2.00. The van der Waals surface area contributed by atoms with E-state index in [9.17, 15) is 23.2 Å². The number of rotatable bonds is 6. The van der Waals surface area contributed by atoms with Gasteiger partial charge in [-0.3, -0.25) is 10.1 Å². The van der Waals surface area contributed by atoms with Crippen molar-refractivity contribution in [3.8, 4) is 6.07 Å². The summed E-state index contributed by atoms with van der Waals surface area (Å²) in [4.78, 5) is 14.5. The van der Waals surface area contributed by atoms with Gasteiger partial charge in [-0.2, -0.15) is 18.4 Å². The Labute approximate surface area is 191 Å². The molecule has 0 aromatic rings. The van der Waals surface area contributed by atoms with E-state index in [4.69, 9.17) is 16.3 Å². The van der Waals surface area contributed by atoms with E-state index in [1.165, 1.54) is 0 Å². The predicted molar refractivity (Wildman–Crippen MR) is 111 cm³/mol. The summed E-state index contributed by atoms with van der Waals surface area (Å²) in [5.41, 5.74) is -0.891. The summed E-state index contributed by atoms with van der Waals surface area (Å²) >= 11 is 6.00. The van der Waals surface area contributed by atoms with Crippen molar-refractivity contribution in [3.63, 3.8) is 0 Å².